The molecule has 5 nitrogen and oxygen atoms in total. The minimum atomic E-state index is -2.49. The lowest BCUT2D eigenvalue weighted by Crippen LogP contribution is -2.54. The Labute approximate surface area is 111 Å². The van der Waals surface area contributed by atoms with Gasteiger partial charge in [0.2, 0.25) is 5.91 Å². The zero-order valence-corrected chi connectivity index (χ0v) is 11.1. The summed E-state index contributed by atoms with van der Waals surface area (Å²) in [5, 5.41) is 11.7. The Kier molecular flexibility index (Phi) is 5.65. The predicted molar refractivity (Wildman–Crippen MR) is 65.0 cm³/mol. The molecule has 1 saturated heterocycles. The maximum atomic E-state index is 12.2. The second-order valence-electron chi connectivity index (χ2n) is 5.17. The van der Waals surface area contributed by atoms with Gasteiger partial charge in [-0.2, -0.15) is 0 Å². The zero-order valence-electron chi connectivity index (χ0n) is 11.1. The number of halogens is 2. The number of hydrogen-bond donors (Lipinski definition) is 2. The fourth-order valence-corrected chi connectivity index (χ4v) is 2.23. The number of aliphatic carboxylic acids is 1. The number of hydrogen-bond acceptors (Lipinski definition) is 3. The average Bonchev–Trinajstić information content (AvgIpc) is 2.34. The fraction of sp³-hybridized carbons (Fsp3) is 0.833. The lowest BCUT2D eigenvalue weighted by molar-refractivity contribution is -0.147. The van der Waals surface area contributed by atoms with Gasteiger partial charge in [-0.25, -0.2) is 8.78 Å². The molecule has 1 rings (SSSR count). The van der Waals surface area contributed by atoms with E-state index in [0.29, 0.717) is 0 Å². The number of piperidine rings is 1. The molecule has 1 heterocycles. The molecule has 1 aliphatic rings. The number of rotatable bonds is 5. The van der Waals surface area contributed by atoms with E-state index in [0.717, 1.165) is 0 Å². The third-order valence-electron chi connectivity index (χ3n) is 3.17. The highest BCUT2D eigenvalue weighted by atomic mass is 19.3. The molecule has 0 bridgehead atoms. The first-order chi connectivity index (χ1) is 8.81. The zero-order chi connectivity index (χ0) is 14.6. The quantitative estimate of drug-likeness (QED) is 0.780. The molecule has 0 spiro atoms. The van der Waals surface area contributed by atoms with E-state index < -0.39 is 30.9 Å². The van der Waals surface area contributed by atoms with E-state index in [9.17, 15) is 18.4 Å². The Balaban J connectivity index is 2.68. The average molecular weight is 278 g/mol. The van der Waals surface area contributed by atoms with Crippen molar-refractivity contribution in [2.45, 2.75) is 32.7 Å². The van der Waals surface area contributed by atoms with Crippen LogP contribution in [0.1, 0.15) is 20.3 Å². The van der Waals surface area contributed by atoms with Crippen LogP contribution >= 0.6 is 0 Å². The molecule has 2 unspecified atom stereocenters. The fourth-order valence-electron chi connectivity index (χ4n) is 2.23. The Morgan fingerprint density at radius 1 is 1.37 bits per heavy atom. The van der Waals surface area contributed by atoms with Crippen LogP contribution in [0.5, 0.6) is 0 Å². The van der Waals surface area contributed by atoms with Crippen molar-refractivity contribution in [2.75, 3.05) is 19.6 Å². The molecule has 0 aromatic carbocycles. The van der Waals surface area contributed by atoms with Crippen LogP contribution in [0.25, 0.3) is 0 Å². The van der Waals surface area contributed by atoms with Crippen LogP contribution in [0, 0.1) is 11.8 Å². The molecule has 0 radical (unpaired) electrons. The van der Waals surface area contributed by atoms with Crippen molar-refractivity contribution in [3.63, 3.8) is 0 Å². The molecule has 1 fully saturated rings. The monoisotopic (exact) mass is 278 g/mol. The van der Waals surface area contributed by atoms with Crippen LogP contribution in [0.4, 0.5) is 8.78 Å². The summed E-state index contributed by atoms with van der Waals surface area (Å²) in [5.74, 6) is -2.07. The predicted octanol–water partition coefficient (Wildman–Crippen LogP) is 0.799. The van der Waals surface area contributed by atoms with Crippen LogP contribution in [0.3, 0.4) is 0 Å². The van der Waals surface area contributed by atoms with Gasteiger partial charge in [0.1, 0.15) is 0 Å². The number of carboxylic acid groups (broad SMARTS) is 1. The van der Waals surface area contributed by atoms with E-state index in [-0.39, 0.29) is 31.3 Å². The third-order valence-corrected chi connectivity index (χ3v) is 3.17. The van der Waals surface area contributed by atoms with Crippen molar-refractivity contribution in [3.8, 4) is 0 Å². The second kappa shape index (κ2) is 6.79. The molecular weight excluding hydrogens is 258 g/mol. The van der Waals surface area contributed by atoms with Gasteiger partial charge in [0, 0.05) is 25.0 Å². The summed E-state index contributed by atoms with van der Waals surface area (Å²) in [5.41, 5.74) is 0. The number of carbonyl (C=O) groups excluding carboxylic acids is 1. The van der Waals surface area contributed by atoms with E-state index in [2.05, 4.69) is 5.32 Å². The van der Waals surface area contributed by atoms with Gasteiger partial charge < -0.3 is 15.3 Å². The highest BCUT2D eigenvalue weighted by Crippen LogP contribution is 2.19. The number of amides is 1. The standard InChI is InChI=1S/C12H20F2N2O3/c1-7(2)11(17)16-5-8(12(18)19)3-9(6-16)15-4-10(13)14/h7-10,15H,3-6H2,1-2H3,(H,18,19). The number of nitrogens with zero attached hydrogens (tertiary/aromatic N) is 1. The summed E-state index contributed by atoms with van der Waals surface area (Å²) in [7, 11) is 0. The van der Waals surface area contributed by atoms with Crippen LogP contribution in [0.2, 0.25) is 0 Å². The molecule has 1 amide bonds. The van der Waals surface area contributed by atoms with Gasteiger partial charge in [-0.1, -0.05) is 13.8 Å². The van der Waals surface area contributed by atoms with Crippen molar-refractivity contribution < 1.29 is 23.5 Å². The lowest BCUT2D eigenvalue weighted by Gasteiger charge is -2.37. The lowest BCUT2D eigenvalue weighted by atomic mass is 9.93. The van der Waals surface area contributed by atoms with Gasteiger partial charge in [0.25, 0.3) is 6.43 Å². The smallest absolute Gasteiger partial charge is 0.308 e. The van der Waals surface area contributed by atoms with Crippen LogP contribution in [0.15, 0.2) is 0 Å². The first-order valence-electron chi connectivity index (χ1n) is 6.34. The van der Waals surface area contributed by atoms with Crippen LogP contribution < -0.4 is 5.32 Å². The molecule has 110 valence electrons. The Hall–Kier alpha value is -1.24. The van der Waals surface area contributed by atoms with Crippen molar-refractivity contribution in [3.05, 3.63) is 0 Å². The van der Waals surface area contributed by atoms with Crippen molar-refractivity contribution in [1.82, 2.24) is 10.2 Å². The minimum Gasteiger partial charge on any atom is -0.481 e. The van der Waals surface area contributed by atoms with Crippen molar-refractivity contribution in [1.29, 1.82) is 0 Å². The third kappa shape index (κ3) is 4.74. The summed E-state index contributed by atoms with van der Waals surface area (Å²) in [6.45, 7) is 3.41. The number of likely N-dealkylation sites (tertiary alicyclic amines) is 1. The number of alkyl halides is 2. The number of carboxylic acids is 1. The molecular formula is C12H20F2N2O3. The van der Waals surface area contributed by atoms with Gasteiger partial charge in [0.15, 0.2) is 0 Å². The van der Waals surface area contributed by atoms with Gasteiger partial charge >= 0.3 is 5.97 Å². The normalized spacial score (nSPS) is 24.0. The van der Waals surface area contributed by atoms with Crippen LogP contribution in [-0.2, 0) is 9.59 Å². The molecule has 1 aliphatic heterocycles. The SMILES string of the molecule is CC(C)C(=O)N1CC(NCC(F)F)CC(C(=O)O)C1. The van der Waals surface area contributed by atoms with Gasteiger partial charge in [-0.3, -0.25) is 9.59 Å². The molecule has 0 aromatic heterocycles. The summed E-state index contributed by atoms with van der Waals surface area (Å²) in [4.78, 5) is 24.4. The molecule has 19 heavy (non-hydrogen) atoms. The highest BCUT2D eigenvalue weighted by molar-refractivity contribution is 5.79. The summed E-state index contributed by atoms with van der Waals surface area (Å²) < 4.78 is 24.3. The summed E-state index contributed by atoms with van der Waals surface area (Å²) >= 11 is 0. The molecule has 0 aliphatic carbocycles. The molecule has 2 atom stereocenters. The second-order valence-corrected chi connectivity index (χ2v) is 5.17. The van der Waals surface area contributed by atoms with Gasteiger partial charge in [-0.15, -0.1) is 0 Å². The molecule has 0 aromatic rings. The van der Waals surface area contributed by atoms with E-state index in [1.54, 1.807) is 13.8 Å². The maximum absolute atomic E-state index is 12.2. The number of nitrogens with one attached hydrogen (secondary N) is 1. The summed E-state index contributed by atoms with van der Waals surface area (Å²) in [6, 6.07) is -0.397. The topological polar surface area (TPSA) is 69.6 Å². The summed E-state index contributed by atoms with van der Waals surface area (Å²) in [6.07, 6.45) is -2.22. The molecule has 7 heteroatoms. The first-order valence-corrected chi connectivity index (χ1v) is 6.34. The molecule has 0 saturated carbocycles. The van der Waals surface area contributed by atoms with Crippen LogP contribution in [-0.4, -0.2) is 54.0 Å². The Morgan fingerprint density at radius 2 is 2.00 bits per heavy atom. The molecule has 2 N–H and O–H groups in total. The first kappa shape index (κ1) is 15.8. The van der Waals surface area contributed by atoms with E-state index in [1.165, 1.54) is 4.90 Å². The minimum absolute atomic E-state index is 0.144. The largest absolute Gasteiger partial charge is 0.481 e. The number of carbonyl (C=O) groups is 2. The van der Waals surface area contributed by atoms with Crippen molar-refractivity contribution >= 4 is 11.9 Å². The Morgan fingerprint density at radius 3 is 2.47 bits per heavy atom. The van der Waals surface area contributed by atoms with Crippen molar-refractivity contribution in [2.24, 2.45) is 11.8 Å². The van der Waals surface area contributed by atoms with E-state index in [4.69, 9.17) is 5.11 Å². The van der Waals surface area contributed by atoms with Gasteiger partial charge in [0.05, 0.1) is 12.5 Å². The highest BCUT2D eigenvalue weighted by Gasteiger charge is 2.34. The maximum Gasteiger partial charge on any atom is 0.308 e. The van der Waals surface area contributed by atoms with Gasteiger partial charge in [-0.05, 0) is 6.42 Å². The van der Waals surface area contributed by atoms with E-state index in [1.807, 2.05) is 0 Å². The van der Waals surface area contributed by atoms with E-state index >= 15 is 0 Å². The Bertz CT molecular complexity index is 337.